The van der Waals surface area contributed by atoms with E-state index in [1.165, 1.54) is 38.5 Å². The molecule has 2 nitrogen and oxygen atoms in total. The van der Waals surface area contributed by atoms with E-state index in [9.17, 15) is 4.79 Å². The van der Waals surface area contributed by atoms with Crippen LogP contribution in [0.1, 0.15) is 68.6 Å². The van der Waals surface area contributed by atoms with Crippen molar-refractivity contribution in [3.8, 4) is 0 Å². The van der Waals surface area contributed by atoms with Crippen molar-refractivity contribution >= 4 is 5.97 Å². The summed E-state index contributed by atoms with van der Waals surface area (Å²) in [6, 6.07) is 9.30. The number of carbonyl (C=O) groups is 1. The molecule has 1 aliphatic rings. The highest BCUT2D eigenvalue weighted by molar-refractivity contribution is 5.89. The van der Waals surface area contributed by atoms with Gasteiger partial charge in [0.15, 0.2) is 0 Å². The topological polar surface area (TPSA) is 26.3 Å². The molecule has 0 amide bonds. The minimum atomic E-state index is -0.167. The molecule has 2 heteroatoms. The van der Waals surface area contributed by atoms with Gasteiger partial charge in [-0.2, -0.15) is 0 Å². The minimum Gasteiger partial charge on any atom is -0.459 e. The Hall–Kier alpha value is -1.31. The first-order valence-electron chi connectivity index (χ1n) is 8.05. The molecule has 1 aromatic rings. The zero-order valence-corrected chi connectivity index (χ0v) is 12.5. The zero-order chi connectivity index (χ0) is 14.2. The number of hydrogen-bond donors (Lipinski definition) is 0. The molecule has 0 unspecified atom stereocenters. The molecule has 110 valence electrons. The molecule has 0 aromatic heterocycles. The van der Waals surface area contributed by atoms with Crippen LogP contribution >= 0.6 is 0 Å². The molecule has 0 spiro atoms. The van der Waals surface area contributed by atoms with Crippen molar-refractivity contribution in [2.45, 2.75) is 64.4 Å². The summed E-state index contributed by atoms with van der Waals surface area (Å²) >= 11 is 0. The van der Waals surface area contributed by atoms with Gasteiger partial charge >= 0.3 is 5.97 Å². The molecular weight excluding hydrogens is 248 g/mol. The van der Waals surface area contributed by atoms with E-state index < -0.39 is 0 Å². The van der Waals surface area contributed by atoms with E-state index in [1.807, 2.05) is 30.3 Å². The molecule has 0 atom stereocenters. The fraction of sp³-hybridized carbons (Fsp3) is 0.611. The van der Waals surface area contributed by atoms with Gasteiger partial charge in [-0.1, -0.05) is 50.8 Å². The fourth-order valence-corrected chi connectivity index (χ4v) is 3.02. The van der Waals surface area contributed by atoms with Crippen LogP contribution in [0.3, 0.4) is 0 Å². The van der Waals surface area contributed by atoms with E-state index in [2.05, 4.69) is 6.92 Å². The van der Waals surface area contributed by atoms with Gasteiger partial charge in [0.2, 0.25) is 0 Å². The normalized spacial score (nSPS) is 22.4. The predicted octanol–water partition coefficient (Wildman–Crippen LogP) is 4.98. The quantitative estimate of drug-likeness (QED) is 0.540. The van der Waals surface area contributed by atoms with Gasteiger partial charge in [0.25, 0.3) is 0 Å². The lowest BCUT2D eigenvalue weighted by Gasteiger charge is -2.28. The number of carbonyl (C=O) groups excluding carboxylic acids is 1. The van der Waals surface area contributed by atoms with Gasteiger partial charge in [-0.3, -0.25) is 0 Å². The molecule has 1 saturated carbocycles. The second kappa shape index (κ2) is 8.08. The third kappa shape index (κ3) is 4.66. The molecule has 0 N–H and O–H groups in total. The Balaban J connectivity index is 1.70. The first kappa shape index (κ1) is 15.1. The number of ether oxygens (including phenoxy) is 1. The summed E-state index contributed by atoms with van der Waals surface area (Å²) in [6.07, 6.45) is 10.00. The van der Waals surface area contributed by atoms with Crippen LogP contribution < -0.4 is 0 Å². The summed E-state index contributed by atoms with van der Waals surface area (Å²) in [5.74, 6) is 0.688. The maximum atomic E-state index is 12.0. The van der Waals surface area contributed by atoms with E-state index in [-0.39, 0.29) is 12.1 Å². The van der Waals surface area contributed by atoms with Crippen LogP contribution in [0.2, 0.25) is 0 Å². The van der Waals surface area contributed by atoms with Crippen LogP contribution in [0.15, 0.2) is 30.3 Å². The fourth-order valence-electron chi connectivity index (χ4n) is 3.02. The van der Waals surface area contributed by atoms with Crippen molar-refractivity contribution in [1.29, 1.82) is 0 Å². The monoisotopic (exact) mass is 274 g/mol. The summed E-state index contributed by atoms with van der Waals surface area (Å²) < 4.78 is 5.61. The third-order valence-electron chi connectivity index (χ3n) is 4.29. The van der Waals surface area contributed by atoms with Gasteiger partial charge in [-0.25, -0.2) is 4.79 Å². The second-order valence-electron chi connectivity index (χ2n) is 5.91. The average Bonchev–Trinajstić information content (AvgIpc) is 2.50. The molecule has 1 fully saturated rings. The Kier molecular flexibility index (Phi) is 6.10. The Morgan fingerprint density at radius 3 is 2.45 bits per heavy atom. The van der Waals surface area contributed by atoms with Crippen molar-refractivity contribution in [3.05, 3.63) is 35.9 Å². The molecule has 20 heavy (non-hydrogen) atoms. The van der Waals surface area contributed by atoms with Crippen molar-refractivity contribution in [2.24, 2.45) is 5.92 Å². The molecule has 0 radical (unpaired) electrons. The maximum absolute atomic E-state index is 12.0. The average molecular weight is 274 g/mol. The number of esters is 1. The molecule has 0 heterocycles. The molecule has 1 aromatic carbocycles. The summed E-state index contributed by atoms with van der Waals surface area (Å²) in [4.78, 5) is 12.0. The summed E-state index contributed by atoms with van der Waals surface area (Å²) in [5, 5.41) is 0. The number of unbranched alkanes of at least 4 members (excludes halogenated alkanes) is 2. The smallest absolute Gasteiger partial charge is 0.338 e. The number of hydrogen-bond acceptors (Lipinski definition) is 2. The summed E-state index contributed by atoms with van der Waals surface area (Å²) in [6.45, 7) is 2.25. The number of benzene rings is 1. The largest absolute Gasteiger partial charge is 0.459 e. The molecule has 0 aliphatic heterocycles. The van der Waals surface area contributed by atoms with Gasteiger partial charge in [-0.15, -0.1) is 0 Å². The van der Waals surface area contributed by atoms with E-state index in [0.717, 1.165) is 18.8 Å². The van der Waals surface area contributed by atoms with Crippen LogP contribution in [0.5, 0.6) is 0 Å². The Morgan fingerprint density at radius 1 is 1.10 bits per heavy atom. The molecule has 0 saturated heterocycles. The van der Waals surface area contributed by atoms with E-state index in [0.29, 0.717) is 5.56 Å². The van der Waals surface area contributed by atoms with E-state index >= 15 is 0 Å². The Labute approximate surface area is 122 Å². The maximum Gasteiger partial charge on any atom is 0.338 e. The Bertz CT molecular complexity index is 391. The number of rotatable bonds is 6. The first-order valence-corrected chi connectivity index (χ1v) is 8.05. The van der Waals surface area contributed by atoms with Crippen molar-refractivity contribution < 1.29 is 9.53 Å². The third-order valence-corrected chi connectivity index (χ3v) is 4.29. The van der Waals surface area contributed by atoms with Crippen LogP contribution in [-0.4, -0.2) is 12.1 Å². The minimum absolute atomic E-state index is 0.130. The van der Waals surface area contributed by atoms with Crippen LogP contribution in [-0.2, 0) is 4.74 Å². The van der Waals surface area contributed by atoms with Gasteiger partial charge < -0.3 is 4.74 Å². The molecule has 1 aliphatic carbocycles. The lowest BCUT2D eigenvalue weighted by molar-refractivity contribution is 0.0161. The highest BCUT2D eigenvalue weighted by Gasteiger charge is 2.23. The van der Waals surface area contributed by atoms with Crippen LogP contribution in [0.4, 0.5) is 0 Å². The Morgan fingerprint density at radius 2 is 1.80 bits per heavy atom. The lowest BCUT2D eigenvalue weighted by atomic mass is 9.84. The van der Waals surface area contributed by atoms with Crippen molar-refractivity contribution in [2.75, 3.05) is 0 Å². The lowest BCUT2D eigenvalue weighted by Crippen LogP contribution is -2.24. The van der Waals surface area contributed by atoms with Gasteiger partial charge in [0.05, 0.1) is 5.56 Å². The van der Waals surface area contributed by atoms with Gasteiger partial charge in [-0.05, 0) is 43.7 Å². The second-order valence-corrected chi connectivity index (χ2v) is 5.91. The van der Waals surface area contributed by atoms with E-state index in [4.69, 9.17) is 4.74 Å². The summed E-state index contributed by atoms with van der Waals surface area (Å²) in [5.41, 5.74) is 0.664. The molecule has 0 bridgehead atoms. The van der Waals surface area contributed by atoms with Crippen molar-refractivity contribution in [3.63, 3.8) is 0 Å². The highest BCUT2D eigenvalue weighted by atomic mass is 16.5. The summed E-state index contributed by atoms with van der Waals surface area (Å²) in [7, 11) is 0. The SMILES string of the molecule is CCCCC[C@H]1CC[C@H](OC(=O)c2ccccc2)CC1. The predicted molar refractivity (Wildman–Crippen MR) is 81.7 cm³/mol. The standard InChI is InChI=1S/C18H26O2/c1-2-3-5-8-15-11-13-17(14-12-15)20-18(19)16-9-6-4-7-10-16/h4,6-7,9-10,15,17H,2-3,5,8,11-14H2,1H3/t15-,17-. The van der Waals surface area contributed by atoms with Crippen LogP contribution in [0.25, 0.3) is 0 Å². The van der Waals surface area contributed by atoms with Gasteiger partial charge in [0, 0.05) is 0 Å². The zero-order valence-electron chi connectivity index (χ0n) is 12.5. The van der Waals surface area contributed by atoms with Crippen LogP contribution in [0, 0.1) is 5.92 Å². The van der Waals surface area contributed by atoms with Gasteiger partial charge in [0.1, 0.15) is 6.10 Å². The highest BCUT2D eigenvalue weighted by Crippen LogP contribution is 2.30. The van der Waals surface area contributed by atoms with E-state index in [1.54, 1.807) is 0 Å². The molecular formula is C18H26O2. The van der Waals surface area contributed by atoms with Crippen molar-refractivity contribution in [1.82, 2.24) is 0 Å². The molecule has 2 rings (SSSR count). The first-order chi connectivity index (χ1) is 9.79.